The van der Waals surface area contributed by atoms with E-state index in [1.165, 1.54) is 0 Å². The quantitative estimate of drug-likeness (QED) is 0.732. The molecule has 1 rings (SSSR count). The lowest BCUT2D eigenvalue weighted by Gasteiger charge is -1.95. The third kappa shape index (κ3) is 2.14. The highest BCUT2D eigenvalue weighted by atomic mass is 79.9. The Morgan fingerprint density at radius 3 is 2.90 bits per heavy atom. The number of aromatic nitrogens is 2. The number of aryl methyl sites for hydroxylation is 1. The molecule has 0 amide bonds. The standard InChI is InChI=1S/C7H11BrN2/c1-5(8)3-7-4-6(2)9-10-7/h4-5H,3H2,1-2H3,(H,9,10). The van der Waals surface area contributed by atoms with E-state index in [1.807, 2.05) is 6.92 Å². The van der Waals surface area contributed by atoms with Crippen LogP contribution in [-0.4, -0.2) is 15.0 Å². The number of hydrogen-bond acceptors (Lipinski definition) is 1. The van der Waals surface area contributed by atoms with Crippen molar-refractivity contribution in [3.8, 4) is 0 Å². The van der Waals surface area contributed by atoms with Crippen LogP contribution in [0.2, 0.25) is 0 Å². The van der Waals surface area contributed by atoms with Crippen LogP contribution in [-0.2, 0) is 6.42 Å². The molecule has 1 unspecified atom stereocenters. The van der Waals surface area contributed by atoms with Crippen LogP contribution >= 0.6 is 15.9 Å². The predicted octanol–water partition coefficient (Wildman–Crippen LogP) is 2.04. The Labute approximate surface area is 69.2 Å². The maximum Gasteiger partial charge on any atom is 0.0635 e. The molecule has 0 aliphatic rings. The fraction of sp³-hybridized carbons (Fsp3) is 0.571. The molecule has 1 atom stereocenters. The zero-order chi connectivity index (χ0) is 7.56. The van der Waals surface area contributed by atoms with E-state index in [9.17, 15) is 0 Å². The van der Waals surface area contributed by atoms with Crippen molar-refractivity contribution in [1.82, 2.24) is 10.2 Å². The molecule has 0 aliphatic carbocycles. The van der Waals surface area contributed by atoms with Crippen molar-refractivity contribution >= 4 is 15.9 Å². The lowest BCUT2D eigenvalue weighted by Crippen LogP contribution is -1.95. The maximum atomic E-state index is 4.10. The Balaban J connectivity index is 2.58. The van der Waals surface area contributed by atoms with Crippen molar-refractivity contribution in [2.24, 2.45) is 0 Å². The Morgan fingerprint density at radius 1 is 1.80 bits per heavy atom. The van der Waals surface area contributed by atoms with Crippen molar-refractivity contribution in [3.05, 3.63) is 17.5 Å². The van der Waals surface area contributed by atoms with Gasteiger partial charge in [-0.1, -0.05) is 22.9 Å². The number of nitrogens with zero attached hydrogens (tertiary/aromatic N) is 1. The van der Waals surface area contributed by atoms with E-state index in [0.717, 1.165) is 17.8 Å². The number of halogens is 1. The second-order valence-corrected chi connectivity index (χ2v) is 4.09. The summed E-state index contributed by atoms with van der Waals surface area (Å²) in [4.78, 5) is 0.509. The summed E-state index contributed by atoms with van der Waals surface area (Å²) < 4.78 is 0. The second kappa shape index (κ2) is 3.19. The highest BCUT2D eigenvalue weighted by Gasteiger charge is 2.00. The Bertz CT molecular complexity index is 205. The summed E-state index contributed by atoms with van der Waals surface area (Å²) >= 11 is 3.47. The minimum Gasteiger partial charge on any atom is -0.283 e. The molecule has 0 radical (unpaired) electrons. The Kier molecular flexibility index (Phi) is 2.49. The van der Waals surface area contributed by atoms with Crippen LogP contribution in [0.1, 0.15) is 18.3 Å². The van der Waals surface area contributed by atoms with Gasteiger partial charge in [0.2, 0.25) is 0 Å². The van der Waals surface area contributed by atoms with Gasteiger partial charge in [0, 0.05) is 16.9 Å². The van der Waals surface area contributed by atoms with Crippen molar-refractivity contribution < 1.29 is 0 Å². The summed E-state index contributed by atoms with van der Waals surface area (Å²) in [7, 11) is 0. The molecule has 1 aromatic rings. The normalized spacial score (nSPS) is 13.5. The van der Waals surface area contributed by atoms with Gasteiger partial charge in [-0.15, -0.1) is 0 Å². The van der Waals surface area contributed by atoms with Gasteiger partial charge < -0.3 is 0 Å². The van der Waals surface area contributed by atoms with Crippen LogP contribution in [0.3, 0.4) is 0 Å². The molecule has 3 heteroatoms. The second-order valence-electron chi connectivity index (χ2n) is 2.53. The first-order valence-corrected chi connectivity index (χ1v) is 4.25. The van der Waals surface area contributed by atoms with Gasteiger partial charge in [-0.05, 0) is 13.0 Å². The summed E-state index contributed by atoms with van der Waals surface area (Å²) in [5.74, 6) is 0. The first-order chi connectivity index (χ1) is 4.68. The van der Waals surface area contributed by atoms with Crippen molar-refractivity contribution in [2.45, 2.75) is 25.1 Å². The van der Waals surface area contributed by atoms with Gasteiger partial charge in [-0.3, -0.25) is 5.10 Å². The Hall–Kier alpha value is -0.310. The van der Waals surface area contributed by atoms with Gasteiger partial charge in [0.15, 0.2) is 0 Å². The topological polar surface area (TPSA) is 28.7 Å². The molecule has 1 heterocycles. The van der Waals surface area contributed by atoms with Crippen LogP contribution in [0.5, 0.6) is 0 Å². The van der Waals surface area contributed by atoms with E-state index >= 15 is 0 Å². The molecule has 0 fully saturated rings. The van der Waals surface area contributed by atoms with Crippen molar-refractivity contribution in [2.75, 3.05) is 0 Å². The molecule has 0 bridgehead atoms. The molecule has 0 saturated heterocycles. The number of hydrogen-bond donors (Lipinski definition) is 1. The number of nitrogens with one attached hydrogen (secondary N) is 1. The molecule has 1 aromatic heterocycles. The number of aromatic amines is 1. The molecule has 1 N–H and O–H groups in total. The first-order valence-electron chi connectivity index (χ1n) is 3.33. The molecular weight excluding hydrogens is 192 g/mol. The van der Waals surface area contributed by atoms with E-state index in [1.54, 1.807) is 0 Å². The minimum absolute atomic E-state index is 0.509. The van der Waals surface area contributed by atoms with Crippen LogP contribution in [0, 0.1) is 6.92 Å². The van der Waals surface area contributed by atoms with Gasteiger partial charge in [0.05, 0.1) is 5.69 Å². The maximum absolute atomic E-state index is 4.10. The predicted molar refractivity (Wildman–Crippen MR) is 45.4 cm³/mol. The molecule has 0 saturated carbocycles. The zero-order valence-electron chi connectivity index (χ0n) is 6.19. The van der Waals surface area contributed by atoms with Crippen LogP contribution < -0.4 is 0 Å². The monoisotopic (exact) mass is 202 g/mol. The summed E-state index contributed by atoms with van der Waals surface area (Å²) in [5, 5.41) is 7.00. The van der Waals surface area contributed by atoms with Crippen LogP contribution in [0.4, 0.5) is 0 Å². The van der Waals surface area contributed by atoms with Gasteiger partial charge in [-0.25, -0.2) is 0 Å². The Morgan fingerprint density at radius 2 is 2.50 bits per heavy atom. The lowest BCUT2D eigenvalue weighted by atomic mass is 10.2. The average molecular weight is 203 g/mol. The van der Waals surface area contributed by atoms with Crippen molar-refractivity contribution in [3.63, 3.8) is 0 Å². The molecule has 56 valence electrons. The third-order valence-electron chi connectivity index (χ3n) is 1.25. The highest BCUT2D eigenvalue weighted by Crippen LogP contribution is 2.07. The van der Waals surface area contributed by atoms with Gasteiger partial charge in [0.25, 0.3) is 0 Å². The summed E-state index contributed by atoms with van der Waals surface area (Å²) in [5.41, 5.74) is 2.25. The molecule has 2 nitrogen and oxygen atoms in total. The van der Waals surface area contributed by atoms with Gasteiger partial charge in [0.1, 0.15) is 0 Å². The SMILES string of the molecule is Cc1cc(CC(C)Br)n[nH]1. The fourth-order valence-electron chi connectivity index (χ4n) is 0.867. The molecule has 0 aliphatic heterocycles. The van der Waals surface area contributed by atoms with E-state index in [2.05, 4.69) is 39.1 Å². The van der Waals surface area contributed by atoms with Crippen LogP contribution in [0.25, 0.3) is 0 Å². The minimum atomic E-state index is 0.509. The lowest BCUT2D eigenvalue weighted by molar-refractivity contribution is 0.890. The number of rotatable bonds is 2. The first kappa shape index (κ1) is 7.79. The van der Waals surface area contributed by atoms with Gasteiger partial charge >= 0.3 is 0 Å². The van der Waals surface area contributed by atoms with Crippen LogP contribution in [0.15, 0.2) is 6.07 Å². The fourth-order valence-corrected chi connectivity index (χ4v) is 1.20. The van der Waals surface area contributed by atoms with E-state index in [4.69, 9.17) is 0 Å². The molecule has 10 heavy (non-hydrogen) atoms. The van der Waals surface area contributed by atoms with E-state index < -0.39 is 0 Å². The average Bonchev–Trinajstić information content (AvgIpc) is 2.13. The van der Waals surface area contributed by atoms with E-state index in [-0.39, 0.29) is 0 Å². The summed E-state index contributed by atoms with van der Waals surface area (Å²) in [6.07, 6.45) is 0.990. The van der Waals surface area contributed by atoms with Crippen molar-refractivity contribution in [1.29, 1.82) is 0 Å². The van der Waals surface area contributed by atoms with E-state index in [0.29, 0.717) is 4.83 Å². The molecular formula is C7H11BrN2. The summed E-state index contributed by atoms with van der Waals surface area (Å²) in [6, 6.07) is 2.07. The molecule has 0 aromatic carbocycles. The largest absolute Gasteiger partial charge is 0.283 e. The third-order valence-corrected chi connectivity index (χ3v) is 1.57. The zero-order valence-corrected chi connectivity index (χ0v) is 7.77. The number of alkyl halides is 1. The van der Waals surface area contributed by atoms with Gasteiger partial charge in [-0.2, -0.15) is 5.10 Å². The summed E-state index contributed by atoms with van der Waals surface area (Å²) in [6.45, 7) is 4.12. The smallest absolute Gasteiger partial charge is 0.0635 e. The highest BCUT2D eigenvalue weighted by molar-refractivity contribution is 9.09. The number of H-pyrrole nitrogens is 1. The molecule has 0 spiro atoms.